The number of methoxy groups -OCH3 is 1. The van der Waals surface area contributed by atoms with Crippen LogP contribution < -0.4 is 5.32 Å². The molecule has 0 bridgehead atoms. The van der Waals surface area contributed by atoms with Gasteiger partial charge in [0.25, 0.3) is 5.91 Å². The highest BCUT2D eigenvalue weighted by atomic mass is 35.5. The predicted octanol–water partition coefficient (Wildman–Crippen LogP) is 2.67. The minimum atomic E-state index is -1.27. The van der Waals surface area contributed by atoms with Crippen molar-refractivity contribution >= 4 is 28.8 Å². The fourth-order valence-electron chi connectivity index (χ4n) is 1.97. The number of rotatable bonds is 6. The minimum absolute atomic E-state index is 0.0548. The first kappa shape index (κ1) is 16.0. The summed E-state index contributed by atoms with van der Waals surface area (Å²) in [5.74, 6) is -0.266. The number of benzene rings is 1. The van der Waals surface area contributed by atoms with E-state index in [-0.39, 0.29) is 19.1 Å². The first-order chi connectivity index (χ1) is 10.0. The number of aliphatic hydroxyl groups is 1. The van der Waals surface area contributed by atoms with Crippen LogP contribution in [-0.2, 0) is 10.3 Å². The fraction of sp³-hybridized carbons (Fsp3) is 0.267. The SMILES string of the molecule is COC[C@](O)(CNC(=O)c1ccc(Cl)s1)c1ccccc1. The molecule has 6 heteroatoms. The molecule has 0 saturated heterocycles. The molecule has 0 unspecified atom stereocenters. The lowest BCUT2D eigenvalue weighted by atomic mass is 9.94. The molecule has 0 aliphatic heterocycles. The molecule has 4 nitrogen and oxygen atoms in total. The van der Waals surface area contributed by atoms with Gasteiger partial charge in [0.2, 0.25) is 0 Å². The molecule has 1 amide bonds. The first-order valence-corrected chi connectivity index (χ1v) is 7.55. The van der Waals surface area contributed by atoms with Gasteiger partial charge in [-0.2, -0.15) is 0 Å². The summed E-state index contributed by atoms with van der Waals surface area (Å²) in [4.78, 5) is 12.5. The standard InChI is InChI=1S/C15H16ClNO3S/c1-20-10-15(19,11-5-3-2-4-6-11)9-17-14(18)12-7-8-13(16)21-12/h2-8,19H,9-10H2,1H3,(H,17,18)/t15-/m1/s1. The highest BCUT2D eigenvalue weighted by Gasteiger charge is 2.30. The Morgan fingerprint density at radius 2 is 2.05 bits per heavy atom. The number of carbonyl (C=O) groups is 1. The van der Waals surface area contributed by atoms with Gasteiger partial charge in [-0.15, -0.1) is 11.3 Å². The van der Waals surface area contributed by atoms with E-state index in [9.17, 15) is 9.90 Å². The van der Waals surface area contributed by atoms with Crippen LogP contribution in [0, 0.1) is 0 Å². The van der Waals surface area contributed by atoms with Gasteiger partial charge < -0.3 is 15.2 Å². The van der Waals surface area contributed by atoms with Crippen LogP contribution in [-0.4, -0.2) is 31.3 Å². The van der Waals surface area contributed by atoms with Gasteiger partial charge in [-0.3, -0.25) is 4.79 Å². The zero-order chi connectivity index (χ0) is 15.3. The lowest BCUT2D eigenvalue weighted by molar-refractivity contribution is -0.0334. The smallest absolute Gasteiger partial charge is 0.261 e. The third-order valence-electron chi connectivity index (χ3n) is 3.03. The van der Waals surface area contributed by atoms with Crippen molar-refractivity contribution in [3.05, 3.63) is 57.2 Å². The summed E-state index contributed by atoms with van der Waals surface area (Å²) in [7, 11) is 1.51. The monoisotopic (exact) mass is 325 g/mol. The number of carbonyl (C=O) groups excluding carboxylic acids is 1. The Hall–Kier alpha value is -1.40. The van der Waals surface area contributed by atoms with E-state index >= 15 is 0 Å². The normalized spacial score (nSPS) is 13.7. The van der Waals surface area contributed by atoms with E-state index < -0.39 is 5.60 Å². The van der Waals surface area contributed by atoms with Crippen LogP contribution in [0.1, 0.15) is 15.2 Å². The maximum absolute atomic E-state index is 12.0. The second kappa shape index (κ2) is 7.04. The summed E-state index contributed by atoms with van der Waals surface area (Å²) in [5.41, 5.74) is -0.580. The number of halogens is 1. The molecular weight excluding hydrogens is 310 g/mol. The molecule has 1 aromatic heterocycles. The Morgan fingerprint density at radius 3 is 2.62 bits per heavy atom. The van der Waals surface area contributed by atoms with E-state index in [1.807, 2.05) is 18.2 Å². The van der Waals surface area contributed by atoms with Crippen molar-refractivity contribution in [1.29, 1.82) is 0 Å². The van der Waals surface area contributed by atoms with E-state index in [1.165, 1.54) is 18.4 Å². The third kappa shape index (κ3) is 4.04. The highest BCUT2D eigenvalue weighted by molar-refractivity contribution is 7.17. The van der Waals surface area contributed by atoms with E-state index in [0.717, 1.165) is 0 Å². The molecular formula is C15H16ClNO3S. The molecule has 2 aromatic rings. The van der Waals surface area contributed by atoms with Crippen molar-refractivity contribution in [2.45, 2.75) is 5.60 Å². The minimum Gasteiger partial charge on any atom is -0.381 e. The zero-order valence-electron chi connectivity index (χ0n) is 11.5. The van der Waals surface area contributed by atoms with Gasteiger partial charge in [0.05, 0.1) is 22.4 Å². The molecule has 2 N–H and O–H groups in total. The molecule has 0 aliphatic rings. The van der Waals surface area contributed by atoms with Gasteiger partial charge >= 0.3 is 0 Å². The molecule has 1 atom stereocenters. The number of hydrogen-bond donors (Lipinski definition) is 2. The molecule has 1 aromatic carbocycles. The lowest BCUT2D eigenvalue weighted by Crippen LogP contribution is -2.43. The van der Waals surface area contributed by atoms with Crippen LogP contribution in [0.15, 0.2) is 42.5 Å². The van der Waals surface area contributed by atoms with Crippen molar-refractivity contribution < 1.29 is 14.6 Å². The second-order valence-corrected chi connectivity index (χ2v) is 6.33. The molecule has 112 valence electrons. The number of ether oxygens (including phenoxy) is 1. The van der Waals surface area contributed by atoms with Crippen molar-refractivity contribution in [1.82, 2.24) is 5.32 Å². The van der Waals surface area contributed by atoms with Crippen LogP contribution in [0.3, 0.4) is 0 Å². The largest absolute Gasteiger partial charge is 0.381 e. The van der Waals surface area contributed by atoms with E-state index in [1.54, 1.807) is 24.3 Å². The number of nitrogens with one attached hydrogen (secondary N) is 1. The zero-order valence-corrected chi connectivity index (χ0v) is 13.1. The molecule has 0 aliphatic carbocycles. The topological polar surface area (TPSA) is 58.6 Å². The summed E-state index contributed by atoms with van der Waals surface area (Å²) in [6.45, 7) is 0.141. The van der Waals surface area contributed by atoms with Crippen LogP contribution in [0.5, 0.6) is 0 Å². The molecule has 2 rings (SSSR count). The maximum atomic E-state index is 12.0. The van der Waals surface area contributed by atoms with Gasteiger partial charge in [0.15, 0.2) is 0 Å². The predicted molar refractivity (Wildman–Crippen MR) is 83.9 cm³/mol. The average Bonchev–Trinajstić information content (AvgIpc) is 2.93. The Labute approximate surface area is 132 Å². The fourth-order valence-corrected chi connectivity index (χ4v) is 2.93. The number of amides is 1. The summed E-state index contributed by atoms with van der Waals surface area (Å²) in [6, 6.07) is 12.4. The van der Waals surface area contributed by atoms with Crippen LogP contribution >= 0.6 is 22.9 Å². The molecule has 0 radical (unpaired) electrons. The average molecular weight is 326 g/mol. The van der Waals surface area contributed by atoms with Crippen LogP contribution in [0.25, 0.3) is 0 Å². The Morgan fingerprint density at radius 1 is 1.33 bits per heavy atom. The van der Waals surface area contributed by atoms with Gasteiger partial charge in [-0.25, -0.2) is 0 Å². The summed E-state index contributed by atoms with van der Waals surface area (Å²) in [6.07, 6.45) is 0. The van der Waals surface area contributed by atoms with Gasteiger partial charge in [0.1, 0.15) is 5.60 Å². The van der Waals surface area contributed by atoms with Gasteiger partial charge in [0, 0.05) is 7.11 Å². The quantitative estimate of drug-likeness (QED) is 0.858. The number of thiophene rings is 1. The second-order valence-electron chi connectivity index (χ2n) is 4.62. The van der Waals surface area contributed by atoms with E-state index in [4.69, 9.17) is 16.3 Å². The molecule has 21 heavy (non-hydrogen) atoms. The summed E-state index contributed by atoms with van der Waals surface area (Å²) < 4.78 is 5.63. The van der Waals surface area contributed by atoms with Crippen LogP contribution in [0.4, 0.5) is 0 Å². The highest BCUT2D eigenvalue weighted by Crippen LogP contribution is 2.23. The number of hydrogen-bond acceptors (Lipinski definition) is 4. The summed E-state index contributed by atoms with van der Waals surface area (Å²) in [5, 5.41) is 13.4. The van der Waals surface area contributed by atoms with Crippen molar-refractivity contribution in [3.63, 3.8) is 0 Å². The first-order valence-electron chi connectivity index (χ1n) is 6.35. The molecule has 0 fully saturated rings. The van der Waals surface area contributed by atoms with Crippen LogP contribution in [0.2, 0.25) is 4.34 Å². The summed E-state index contributed by atoms with van der Waals surface area (Å²) >= 11 is 7.01. The Kier molecular flexibility index (Phi) is 5.36. The lowest BCUT2D eigenvalue weighted by Gasteiger charge is -2.28. The van der Waals surface area contributed by atoms with Crippen molar-refractivity contribution in [2.24, 2.45) is 0 Å². The Bertz CT molecular complexity index is 602. The molecule has 0 spiro atoms. The molecule has 0 saturated carbocycles. The molecule has 1 heterocycles. The van der Waals surface area contributed by atoms with Crippen molar-refractivity contribution in [3.8, 4) is 0 Å². The van der Waals surface area contributed by atoms with E-state index in [2.05, 4.69) is 5.32 Å². The Balaban J connectivity index is 2.08. The van der Waals surface area contributed by atoms with E-state index in [0.29, 0.717) is 14.8 Å². The third-order valence-corrected chi connectivity index (χ3v) is 4.26. The maximum Gasteiger partial charge on any atom is 0.261 e. The van der Waals surface area contributed by atoms with Gasteiger partial charge in [-0.1, -0.05) is 41.9 Å². The van der Waals surface area contributed by atoms with Crippen molar-refractivity contribution in [2.75, 3.05) is 20.3 Å². The van der Waals surface area contributed by atoms with Gasteiger partial charge in [-0.05, 0) is 17.7 Å².